The summed E-state index contributed by atoms with van der Waals surface area (Å²) in [5.74, 6) is 0.963. The van der Waals surface area contributed by atoms with Gasteiger partial charge < -0.3 is 0 Å². The van der Waals surface area contributed by atoms with Crippen molar-refractivity contribution in [1.29, 1.82) is 0 Å². The SMILES string of the molecule is CCC=C1CCCC1CCCC. The fourth-order valence-electron chi connectivity index (χ4n) is 2.25. The van der Waals surface area contributed by atoms with Crippen LogP contribution in [0, 0.1) is 5.92 Å². The summed E-state index contributed by atoms with van der Waals surface area (Å²) in [6.07, 6.45) is 12.2. The molecular formula is C12H22. The lowest BCUT2D eigenvalue weighted by molar-refractivity contribution is 0.539. The molecule has 1 aliphatic carbocycles. The first-order valence-corrected chi connectivity index (χ1v) is 5.57. The Labute approximate surface area is 77.1 Å². The number of rotatable bonds is 4. The second-order valence-corrected chi connectivity index (χ2v) is 3.92. The lowest BCUT2D eigenvalue weighted by Crippen LogP contribution is -1.96. The molecule has 0 aromatic rings. The van der Waals surface area contributed by atoms with Crippen molar-refractivity contribution in [2.45, 2.75) is 58.8 Å². The van der Waals surface area contributed by atoms with E-state index in [1.54, 1.807) is 5.57 Å². The number of hydrogen-bond donors (Lipinski definition) is 0. The van der Waals surface area contributed by atoms with Gasteiger partial charge in [-0.15, -0.1) is 0 Å². The third-order valence-electron chi connectivity index (χ3n) is 2.91. The molecule has 0 amide bonds. The molecular weight excluding hydrogens is 144 g/mol. The molecule has 1 saturated carbocycles. The molecule has 0 aromatic carbocycles. The average molecular weight is 166 g/mol. The van der Waals surface area contributed by atoms with Crippen molar-refractivity contribution >= 4 is 0 Å². The number of allylic oxidation sites excluding steroid dienone is 2. The Balaban J connectivity index is 2.35. The van der Waals surface area contributed by atoms with E-state index in [0.717, 1.165) is 5.92 Å². The predicted molar refractivity (Wildman–Crippen MR) is 55.2 cm³/mol. The van der Waals surface area contributed by atoms with Gasteiger partial charge in [-0.05, 0) is 38.0 Å². The van der Waals surface area contributed by atoms with E-state index in [-0.39, 0.29) is 0 Å². The van der Waals surface area contributed by atoms with Gasteiger partial charge >= 0.3 is 0 Å². The van der Waals surface area contributed by atoms with Gasteiger partial charge in [0.15, 0.2) is 0 Å². The minimum Gasteiger partial charge on any atom is -0.0853 e. The van der Waals surface area contributed by atoms with E-state index in [1.165, 1.54) is 44.9 Å². The minimum absolute atomic E-state index is 0.963. The zero-order valence-electron chi connectivity index (χ0n) is 8.60. The van der Waals surface area contributed by atoms with Gasteiger partial charge in [0.25, 0.3) is 0 Å². The first-order valence-electron chi connectivity index (χ1n) is 5.57. The van der Waals surface area contributed by atoms with E-state index in [0.29, 0.717) is 0 Å². The maximum atomic E-state index is 2.47. The molecule has 0 spiro atoms. The van der Waals surface area contributed by atoms with Crippen LogP contribution in [0.15, 0.2) is 11.6 Å². The Morgan fingerprint density at radius 2 is 2.25 bits per heavy atom. The molecule has 70 valence electrons. The van der Waals surface area contributed by atoms with Crippen LogP contribution >= 0.6 is 0 Å². The van der Waals surface area contributed by atoms with E-state index < -0.39 is 0 Å². The van der Waals surface area contributed by atoms with Crippen LogP contribution in [0.5, 0.6) is 0 Å². The molecule has 0 heteroatoms. The molecule has 0 heterocycles. The maximum Gasteiger partial charge on any atom is -0.0203 e. The monoisotopic (exact) mass is 166 g/mol. The molecule has 1 aliphatic rings. The summed E-state index contributed by atoms with van der Waals surface area (Å²) in [4.78, 5) is 0. The topological polar surface area (TPSA) is 0 Å². The third kappa shape index (κ3) is 2.66. The van der Waals surface area contributed by atoms with Gasteiger partial charge in [0.2, 0.25) is 0 Å². The van der Waals surface area contributed by atoms with Gasteiger partial charge in [0.05, 0.1) is 0 Å². The number of unbranched alkanes of at least 4 members (excludes halogenated alkanes) is 1. The van der Waals surface area contributed by atoms with Gasteiger partial charge in [-0.2, -0.15) is 0 Å². The van der Waals surface area contributed by atoms with Gasteiger partial charge in [-0.3, -0.25) is 0 Å². The molecule has 12 heavy (non-hydrogen) atoms. The molecule has 1 atom stereocenters. The van der Waals surface area contributed by atoms with Crippen LogP contribution < -0.4 is 0 Å². The van der Waals surface area contributed by atoms with Gasteiger partial charge in [0.1, 0.15) is 0 Å². The lowest BCUT2D eigenvalue weighted by Gasteiger charge is -2.10. The quantitative estimate of drug-likeness (QED) is 0.546. The Bertz CT molecular complexity index is 144. The zero-order chi connectivity index (χ0) is 8.81. The van der Waals surface area contributed by atoms with Crippen LogP contribution in [0.2, 0.25) is 0 Å². The Hall–Kier alpha value is -0.260. The molecule has 0 aliphatic heterocycles. The molecule has 1 fully saturated rings. The predicted octanol–water partition coefficient (Wildman–Crippen LogP) is 4.31. The first kappa shape index (κ1) is 9.83. The van der Waals surface area contributed by atoms with Gasteiger partial charge in [-0.25, -0.2) is 0 Å². The number of hydrogen-bond acceptors (Lipinski definition) is 0. The fraction of sp³-hybridized carbons (Fsp3) is 0.833. The molecule has 0 bridgehead atoms. The average Bonchev–Trinajstić information content (AvgIpc) is 2.50. The van der Waals surface area contributed by atoms with Crippen LogP contribution in [0.4, 0.5) is 0 Å². The molecule has 0 N–H and O–H groups in total. The smallest absolute Gasteiger partial charge is 0.0203 e. The van der Waals surface area contributed by atoms with E-state index in [9.17, 15) is 0 Å². The molecule has 0 radical (unpaired) electrons. The summed E-state index contributed by atoms with van der Waals surface area (Å²) in [7, 11) is 0. The zero-order valence-corrected chi connectivity index (χ0v) is 8.60. The largest absolute Gasteiger partial charge is 0.0853 e. The van der Waals surface area contributed by atoms with E-state index in [1.807, 2.05) is 0 Å². The normalized spacial score (nSPS) is 26.8. The van der Waals surface area contributed by atoms with Crippen molar-refractivity contribution < 1.29 is 0 Å². The molecule has 0 saturated heterocycles. The third-order valence-corrected chi connectivity index (χ3v) is 2.91. The second-order valence-electron chi connectivity index (χ2n) is 3.92. The van der Waals surface area contributed by atoms with E-state index >= 15 is 0 Å². The summed E-state index contributed by atoms with van der Waals surface area (Å²) in [5, 5.41) is 0. The fourth-order valence-corrected chi connectivity index (χ4v) is 2.25. The highest BCUT2D eigenvalue weighted by Gasteiger charge is 2.19. The van der Waals surface area contributed by atoms with Crippen molar-refractivity contribution in [3.8, 4) is 0 Å². The molecule has 1 rings (SSSR count). The Morgan fingerprint density at radius 1 is 1.42 bits per heavy atom. The van der Waals surface area contributed by atoms with Crippen LogP contribution in [0.3, 0.4) is 0 Å². The summed E-state index contributed by atoms with van der Waals surface area (Å²) >= 11 is 0. The first-order chi connectivity index (χ1) is 5.88. The van der Waals surface area contributed by atoms with Crippen molar-refractivity contribution in [3.63, 3.8) is 0 Å². The van der Waals surface area contributed by atoms with Crippen LogP contribution in [0.1, 0.15) is 58.8 Å². The van der Waals surface area contributed by atoms with Gasteiger partial charge in [-0.1, -0.05) is 38.3 Å². The second kappa shape index (κ2) is 5.40. The highest BCUT2D eigenvalue weighted by atomic mass is 14.2. The summed E-state index contributed by atoms with van der Waals surface area (Å²) in [6, 6.07) is 0. The molecule has 1 unspecified atom stereocenters. The lowest BCUT2D eigenvalue weighted by atomic mass is 9.96. The Morgan fingerprint density at radius 3 is 2.92 bits per heavy atom. The Kier molecular flexibility index (Phi) is 4.42. The van der Waals surface area contributed by atoms with Crippen molar-refractivity contribution in [3.05, 3.63) is 11.6 Å². The summed E-state index contributed by atoms with van der Waals surface area (Å²) < 4.78 is 0. The van der Waals surface area contributed by atoms with E-state index in [4.69, 9.17) is 0 Å². The highest BCUT2D eigenvalue weighted by Crippen LogP contribution is 2.34. The van der Waals surface area contributed by atoms with Crippen molar-refractivity contribution in [1.82, 2.24) is 0 Å². The van der Waals surface area contributed by atoms with Crippen molar-refractivity contribution in [2.24, 2.45) is 5.92 Å². The van der Waals surface area contributed by atoms with Crippen LogP contribution in [-0.4, -0.2) is 0 Å². The van der Waals surface area contributed by atoms with Crippen LogP contribution in [-0.2, 0) is 0 Å². The summed E-state index contributed by atoms with van der Waals surface area (Å²) in [5.41, 5.74) is 1.77. The standard InChI is InChI=1S/C12H22/c1-3-5-8-12-10-6-9-11(12)7-4-2/h7,12H,3-6,8-10H2,1-2H3. The van der Waals surface area contributed by atoms with Gasteiger partial charge in [0, 0.05) is 0 Å². The maximum absolute atomic E-state index is 2.47. The summed E-state index contributed by atoms with van der Waals surface area (Å²) in [6.45, 7) is 4.54. The highest BCUT2D eigenvalue weighted by molar-refractivity contribution is 5.10. The van der Waals surface area contributed by atoms with Crippen molar-refractivity contribution in [2.75, 3.05) is 0 Å². The van der Waals surface area contributed by atoms with E-state index in [2.05, 4.69) is 19.9 Å². The minimum atomic E-state index is 0.963. The molecule has 0 aromatic heterocycles. The van der Waals surface area contributed by atoms with Crippen LogP contribution in [0.25, 0.3) is 0 Å². The molecule has 0 nitrogen and oxygen atoms in total.